The van der Waals surface area contributed by atoms with E-state index in [-0.39, 0.29) is 41.8 Å². The van der Waals surface area contributed by atoms with E-state index in [1.165, 1.54) is 18.4 Å². The van der Waals surface area contributed by atoms with Gasteiger partial charge in [-0.25, -0.2) is 26.5 Å². The molecule has 1 fully saturated rings. The molecular formula is C29H38N6O7S3. The molecule has 2 atom stereocenters. The summed E-state index contributed by atoms with van der Waals surface area (Å²) in [5.74, 6) is -0.722. The Bertz CT molecular complexity index is 1820. The lowest BCUT2D eigenvalue weighted by atomic mass is 10.1. The van der Waals surface area contributed by atoms with E-state index in [0.29, 0.717) is 40.8 Å². The molecule has 1 aliphatic heterocycles. The first-order valence-corrected chi connectivity index (χ1v) is 18.4. The number of aryl methyl sites for hydroxylation is 1. The normalized spacial score (nSPS) is 16.9. The van der Waals surface area contributed by atoms with Crippen molar-refractivity contribution in [3.05, 3.63) is 52.0 Å². The quantitative estimate of drug-likeness (QED) is 0.112. The third kappa shape index (κ3) is 7.80. The van der Waals surface area contributed by atoms with Crippen molar-refractivity contribution in [1.29, 1.82) is 0 Å². The number of fused-ring (bicyclic) bond motifs is 1. The van der Waals surface area contributed by atoms with Crippen LogP contribution in [0.2, 0.25) is 0 Å². The van der Waals surface area contributed by atoms with Crippen LogP contribution >= 0.6 is 11.3 Å². The second-order valence-electron chi connectivity index (χ2n) is 10.9. The Hall–Kier alpha value is -3.60. The fourth-order valence-corrected chi connectivity index (χ4v) is 8.99. The molecule has 0 unspecified atom stereocenters. The number of carbonyl (C=O) groups is 2. The van der Waals surface area contributed by atoms with Crippen molar-refractivity contribution in [2.45, 2.75) is 63.4 Å². The topological polar surface area (TPSA) is 190 Å². The molecule has 4 rings (SSSR count). The molecule has 0 spiro atoms. The van der Waals surface area contributed by atoms with Crippen LogP contribution in [0, 0.1) is 20.8 Å². The van der Waals surface area contributed by atoms with Crippen LogP contribution in [0.1, 0.15) is 52.2 Å². The molecule has 4 N–H and O–H groups in total. The van der Waals surface area contributed by atoms with Crippen molar-refractivity contribution in [2.75, 3.05) is 26.5 Å². The number of aliphatic imine (C=N–C) groups is 1. The highest BCUT2D eigenvalue weighted by Gasteiger charge is 2.38. The average molecular weight is 679 g/mol. The SMILES string of the molecule is COc1cc(C)c(S(=O)(=O)NC(N)=NCCC[C@H](NC(=O)[C@@H]2CCCN2S(C)(=O)=O)C(=O)c2nc3ccccc3s2)c(C)c1C. The molecule has 2 aromatic carbocycles. The molecule has 45 heavy (non-hydrogen) atoms. The van der Waals surface area contributed by atoms with Gasteiger partial charge < -0.3 is 15.8 Å². The number of para-hydroxylation sites is 1. The van der Waals surface area contributed by atoms with Crippen molar-refractivity contribution in [2.24, 2.45) is 10.7 Å². The van der Waals surface area contributed by atoms with Crippen LogP contribution in [-0.4, -0.2) is 82.3 Å². The maximum atomic E-state index is 13.6. The van der Waals surface area contributed by atoms with Gasteiger partial charge in [0.2, 0.25) is 27.7 Å². The van der Waals surface area contributed by atoms with E-state index in [2.05, 4.69) is 20.0 Å². The number of ketones is 1. The van der Waals surface area contributed by atoms with Crippen molar-refractivity contribution in [3.8, 4) is 5.75 Å². The number of rotatable bonds is 12. The summed E-state index contributed by atoms with van der Waals surface area (Å²) in [5.41, 5.74) is 8.29. The highest BCUT2D eigenvalue weighted by Crippen LogP contribution is 2.30. The molecule has 0 saturated carbocycles. The van der Waals surface area contributed by atoms with Crippen molar-refractivity contribution < 1.29 is 31.2 Å². The predicted molar refractivity (Wildman–Crippen MR) is 174 cm³/mol. The number of Topliss-reactive ketones (excluding diaryl/α,β-unsaturated/α-hetero) is 1. The summed E-state index contributed by atoms with van der Waals surface area (Å²) in [6.45, 7) is 5.39. The van der Waals surface area contributed by atoms with E-state index in [9.17, 15) is 26.4 Å². The minimum atomic E-state index is -4.06. The molecule has 2 heterocycles. The Morgan fingerprint density at radius 1 is 1.18 bits per heavy atom. The monoisotopic (exact) mass is 678 g/mol. The number of methoxy groups -OCH3 is 1. The summed E-state index contributed by atoms with van der Waals surface area (Å²) in [7, 11) is -6.16. The number of thiazole rings is 1. The third-order valence-electron chi connectivity index (χ3n) is 7.71. The van der Waals surface area contributed by atoms with Gasteiger partial charge in [-0.05, 0) is 81.3 Å². The Balaban J connectivity index is 1.48. The standard InChI is InChI=1S/C29H38N6O7S3/c1-17-16-23(42-4)18(2)19(3)26(17)45(40,41)34-29(30)31-14-8-11-21(25(36)28-33-20-10-6-7-13-24(20)43-28)32-27(37)22-12-9-15-35(22)44(5,38)39/h6-7,10,13,16,21-22H,8-9,11-12,14-15H2,1-5H3,(H,32,37)(H3,30,31,34)/t21-,22-/m0/s1. The van der Waals surface area contributed by atoms with Gasteiger partial charge in [0, 0.05) is 13.1 Å². The number of hydrogen-bond donors (Lipinski definition) is 3. The van der Waals surface area contributed by atoms with Crippen LogP contribution in [0.4, 0.5) is 0 Å². The maximum absolute atomic E-state index is 13.6. The van der Waals surface area contributed by atoms with E-state index in [4.69, 9.17) is 10.5 Å². The molecule has 13 nitrogen and oxygen atoms in total. The van der Waals surface area contributed by atoms with Gasteiger partial charge in [0.15, 0.2) is 5.01 Å². The summed E-state index contributed by atoms with van der Waals surface area (Å²) in [6.07, 6.45) is 2.31. The molecular weight excluding hydrogens is 641 g/mol. The largest absolute Gasteiger partial charge is 0.496 e. The molecule has 1 aromatic heterocycles. The lowest BCUT2D eigenvalue weighted by Gasteiger charge is -2.24. The first kappa shape index (κ1) is 34.3. The number of carbonyl (C=O) groups excluding carboxylic acids is 2. The number of ether oxygens (including phenoxy) is 1. The minimum absolute atomic E-state index is 0.0480. The van der Waals surface area contributed by atoms with Gasteiger partial charge in [-0.1, -0.05) is 12.1 Å². The summed E-state index contributed by atoms with van der Waals surface area (Å²) < 4.78 is 60.4. The lowest BCUT2D eigenvalue weighted by molar-refractivity contribution is -0.124. The number of nitrogens with two attached hydrogens (primary N) is 1. The number of nitrogens with one attached hydrogen (secondary N) is 2. The Kier molecular flexibility index (Phi) is 10.5. The summed E-state index contributed by atoms with van der Waals surface area (Å²) in [6, 6.07) is 6.99. The third-order valence-corrected chi connectivity index (χ3v) is 11.7. The number of aromatic nitrogens is 1. The fourth-order valence-electron chi connectivity index (χ4n) is 5.43. The van der Waals surface area contributed by atoms with Crippen molar-refractivity contribution in [3.63, 3.8) is 0 Å². The first-order chi connectivity index (χ1) is 21.1. The molecule has 0 aliphatic carbocycles. The highest BCUT2D eigenvalue weighted by molar-refractivity contribution is 7.90. The average Bonchev–Trinajstić information content (AvgIpc) is 3.64. The van der Waals surface area contributed by atoms with E-state index in [1.807, 2.05) is 18.2 Å². The van der Waals surface area contributed by atoms with Crippen LogP contribution < -0.4 is 20.5 Å². The number of hydrogen-bond acceptors (Lipinski definition) is 10. The first-order valence-electron chi connectivity index (χ1n) is 14.3. The number of sulfonamides is 2. The van der Waals surface area contributed by atoms with E-state index in [1.54, 1.807) is 32.9 Å². The predicted octanol–water partition coefficient (Wildman–Crippen LogP) is 2.40. The zero-order chi connectivity index (χ0) is 33.1. The Labute approximate surface area is 267 Å². The highest BCUT2D eigenvalue weighted by atomic mass is 32.2. The summed E-state index contributed by atoms with van der Waals surface area (Å²) >= 11 is 1.20. The van der Waals surface area contributed by atoms with Gasteiger partial charge >= 0.3 is 0 Å². The summed E-state index contributed by atoms with van der Waals surface area (Å²) in [4.78, 5) is 35.5. The maximum Gasteiger partial charge on any atom is 0.264 e. The molecule has 1 aliphatic rings. The second-order valence-corrected chi connectivity index (χ2v) is 15.5. The number of guanidine groups is 1. The zero-order valence-electron chi connectivity index (χ0n) is 25.8. The number of nitrogens with zero attached hydrogens (tertiary/aromatic N) is 3. The van der Waals surface area contributed by atoms with E-state index < -0.39 is 43.8 Å². The van der Waals surface area contributed by atoms with Gasteiger partial charge in [0.25, 0.3) is 10.0 Å². The Morgan fingerprint density at radius 2 is 1.89 bits per heavy atom. The van der Waals surface area contributed by atoms with Gasteiger partial charge in [-0.2, -0.15) is 4.31 Å². The van der Waals surface area contributed by atoms with Gasteiger partial charge in [0.05, 0.1) is 34.5 Å². The van der Waals surface area contributed by atoms with Gasteiger partial charge in [0.1, 0.15) is 11.8 Å². The van der Waals surface area contributed by atoms with E-state index in [0.717, 1.165) is 15.3 Å². The lowest BCUT2D eigenvalue weighted by Crippen LogP contribution is -2.50. The van der Waals surface area contributed by atoms with Gasteiger partial charge in [-0.3, -0.25) is 14.6 Å². The molecule has 16 heteroatoms. The van der Waals surface area contributed by atoms with Crippen LogP contribution in [0.3, 0.4) is 0 Å². The smallest absolute Gasteiger partial charge is 0.264 e. The summed E-state index contributed by atoms with van der Waals surface area (Å²) in [5, 5.41) is 2.96. The fraction of sp³-hybridized carbons (Fsp3) is 0.448. The molecule has 0 radical (unpaired) electrons. The molecule has 244 valence electrons. The van der Waals surface area contributed by atoms with Crippen LogP contribution in [0.25, 0.3) is 10.2 Å². The Morgan fingerprint density at radius 3 is 2.56 bits per heavy atom. The van der Waals surface area contributed by atoms with Crippen LogP contribution in [-0.2, 0) is 24.8 Å². The van der Waals surface area contributed by atoms with E-state index >= 15 is 0 Å². The minimum Gasteiger partial charge on any atom is -0.496 e. The number of benzene rings is 2. The molecule has 0 bridgehead atoms. The van der Waals surface area contributed by atoms with Crippen molar-refractivity contribution in [1.82, 2.24) is 19.3 Å². The molecule has 1 saturated heterocycles. The van der Waals surface area contributed by atoms with Gasteiger partial charge in [-0.15, -0.1) is 11.3 Å². The zero-order valence-corrected chi connectivity index (χ0v) is 28.2. The molecule has 3 aromatic rings. The van der Waals surface area contributed by atoms with Crippen LogP contribution in [0.15, 0.2) is 40.2 Å². The second kappa shape index (κ2) is 13.8. The molecule has 1 amide bonds. The van der Waals surface area contributed by atoms with Crippen molar-refractivity contribution >= 4 is 59.2 Å². The van der Waals surface area contributed by atoms with Crippen LogP contribution in [0.5, 0.6) is 5.75 Å². The number of amides is 1.